The summed E-state index contributed by atoms with van der Waals surface area (Å²) in [5.41, 5.74) is 0.00993. The Morgan fingerprint density at radius 2 is 1.81 bits per heavy atom. The first-order valence-corrected chi connectivity index (χ1v) is 7.79. The number of rotatable bonds is 4. The van der Waals surface area contributed by atoms with Gasteiger partial charge in [-0.25, -0.2) is 14.8 Å². The summed E-state index contributed by atoms with van der Waals surface area (Å²) in [5.74, 6) is -0.640. The molecule has 0 amide bonds. The van der Waals surface area contributed by atoms with Crippen molar-refractivity contribution >= 4 is 11.8 Å². The maximum atomic E-state index is 11.1. The van der Waals surface area contributed by atoms with Crippen molar-refractivity contribution in [1.29, 1.82) is 0 Å². The standard InChI is InChI=1S/C15H22N4O2/c20-15(21)13-14(17-8-7-16-13)18-11-5-9-19(10-6-11)12-3-1-2-4-12/h7-8,11-12H,1-6,9-10H2,(H,17,18)(H,20,21). The maximum Gasteiger partial charge on any atom is 0.358 e. The van der Waals surface area contributed by atoms with E-state index >= 15 is 0 Å². The van der Waals surface area contributed by atoms with Crippen LogP contribution in [0.5, 0.6) is 0 Å². The molecule has 0 radical (unpaired) electrons. The Labute approximate surface area is 124 Å². The summed E-state index contributed by atoms with van der Waals surface area (Å²) in [6.07, 6.45) is 10.4. The monoisotopic (exact) mass is 290 g/mol. The van der Waals surface area contributed by atoms with Crippen LogP contribution >= 0.6 is 0 Å². The molecule has 3 rings (SSSR count). The topological polar surface area (TPSA) is 78.3 Å². The Hall–Kier alpha value is -1.69. The van der Waals surface area contributed by atoms with E-state index in [2.05, 4.69) is 20.2 Å². The Bertz CT molecular complexity index is 494. The van der Waals surface area contributed by atoms with E-state index in [0.29, 0.717) is 5.82 Å². The van der Waals surface area contributed by atoms with Crippen molar-refractivity contribution in [1.82, 2.24) is 14.9 Å². The van der Waals surface area contributed by atoms with Crippen LogP contribution < -0.4 is 5.32 Å². The molecule has 6 heteroatoms. The van der Waals surface area contributed by atoms with E-state index in [1.807, 2.05) is 0 Å². The molecule has 1 saturated carbocycles. The van der Waals surface area contributed by atoms with Gasteiger partial charge in [0.1, 0.15) is 0 Å². The number of carboxylic acids is 1. The fraction of sp³-hybridized carbons (Fsp3) is 0.667. The molecular weight excluding hydrogens is 268 g/mol. The highest BCUT2D eigenvalue weighted by Crippen LogP contribution is 2.27. The van der Waals surface area contributed by atoms with E-state index in [1.165, 1.54) is 38.1 Å². The summed E-state index contributed by atoms with van der Waals surface area (Å²) >= 11 is 0. The van der Waals surface area contributed by atoms with Crippen LogP contribution in [0.3, 0.4) is 0 Å². The van der Waals surface area contributed by atoms with Crippen LogP contribution in [0.2, 0.25) is 0 Å². The summed E-state index contributed by atoms with van der Waals surface area (Å²) in [4.78, 5) is 21.7. The molecule has 1 aliphatic carbocycles. The highest BCUT2D eigenvalue weighted by atomic mass is 16.4. The lowest BCUT2D eigenvalue weighted by atomic mass is 10.0. The minimum atomic E-state index is -1.03. The van der Waals surface area contributed by atoms with Gasteiger partial charge >= 0.3 is 5.97 Å². The lowest BCUT2D eigenvalue weighted by Crippen LogP contribution is -2.43. The Morgan fingerprint density at radius 1 is 1.14 bits per heavy atom. The fourth-order valence-electron chi connectivity index (χ4n) is 3.47. The number of nitrogens with one attached hydrogen (secondary N) is 1. The van der Waals surface area contributed by atoms with Gasteiger partial charge in [-0.05, 0) is 25.7 Å². The van der Waals surface area contributed by atoms with Crippen LogP contribution in [0.15, 0.2) is 12.4 Å². The van der Waals surface area contributed by atoms with Crippen molar-refractivity contribution in [3.63, 3.8) is 0 Å². The number of hydrogen-bond acceptors (Lipinski definition) is 5. The molecule has 1 aromatic rings. The second-order valence-corrected chi connectivity index (χ2v) is 5.95. The molecule has 0 bridgehead atoms. The second kappa shape index (κ2) is 6.39. The Kier molecular flexibility index (Phi) is 4.34. The van der Waals surface area contributed by atoms with Gasteiger partial charge in [0.05, 0.1) is 0 Å². The van der Waals surface area contributed by atoms with Crippen molar-refractivity contribution in [3.05, 3.63) is 18.1 Å². The summed E-state index contributed by atoms with van der Waals surface area (Å²) in [7, 11) is 0. The molecule has 21 heavy (non-hydrogen) atoms. The third-order valence-corrected chi connectivity index (χ3v) is 4.61. The molecular formula is C15H22N4O2. The van der Waals surface area contributed by atoms with Crippen LogP contribution in [0.25, 0.3) is 0 Å². The molecule has 0 atom stereocenters. The van der Waals surface area contributed by atoms with Gasteiger partial charge in [0.25, 0.3) is 0 Å². The Morgan fingerprint density at radius 3 is 2.48 bits per heavy atom. The number of nitrogens with zero attached hydrogens (tertiary/aromatic N) is 3. The minimum Gasteiger partial charge on any atom is -0.476 e. The van der Waals surface area contributed by atoms with Gasteiger partial charge in [0.2, 0.25) is 0 Å². The average Bonchev–Trinajstić information content (AvgIpc) is 3.03. The third-order valence-electron chi connectivity index (χ3n) is 4.61. The first kappa shape index (κ1) is 14.3. The smallest absolute Gasteiger partial charge is 0.358 e. The molecule has 1 aliphatic heterocycles. The van der Waals surface area contributed by atoms with Crippen molar-refractivity contribution in [3.8, 4) is 0 Å². The number of aromatic carboxylic acids is 1. The predicted octanol–water partition coefficient (Wildman–Crippen LogP) is 1.99. The summed E-state index contributed by atoms with van der Waals surface area (Å²) < 4.78 is 0. The van der Waals surface area contributed by atoms with Crippen LogP contribution in [-0.4, -0.2) is 51.1 Å². The van der Waals surface area contributed by atoms with Gasteiger partial charge in [-0.2, -0.15) is 0 Å². The van der Waals surface area contributed by atoms with Gasteiger partial charge < -0.3 is 15.3 Å². The van der Waals surface area contributed by atoms with Crippen LogP contribution in [-0.2, 0) is 0 Å². The maximum absolute atomic E-state index is 11.1. The normalized spacial score (nSPS) is 21.5. The van der Waals surface area contributed by atoms with Crippen molar-refractivity contribution < 1.29 is 9.90 Å². The number of carbonyl (C=O) groups is 1. The second-order valence-electron chi connectivity index (χ2n) is 5.95. The molecule has 2 fully saturated rings. The molecule has 0 aromatic carbocycles. The van der Waals surface area contributed by atoms with E-state index in [4.69, 9.17) is 5.11 Å². The number of piperidine rings is 1. The van der Waals surface area contributed by atoms with E-state index in [9.17, 15) is 4.79 Å². The summed E-state index contributed by atoms with van der Waals surface area (Å²) in [6.45, 7) is 2.18. The van der Waals surface area contributed by atoms with Gasteiger partial charge in [0, 0.05) is 37.6 Å². The van der Waals surface area contributed by atoms with Gasteiger partial charge in [-0.1, -0.05) is 12.8 Å². The highest BCUT2D eigenvalue weighted by molar-refractivity contribution is 5.90. The zero-order chi connectivity index (χ0) is 14.7. The predicted molar refractivity (Wildman–Crippen MR) is 79.5 cm³/mol. The quantitative estimate of drug-likeness (QED) is 0.883. The fourth-order valence-corrected chi connectivity index (χ4v) is 3.47. The van der Waals surface area contributed by atoms with E-state index in [1.54, 1.807) is 0 Å². The van der Waals surface area contributed by atoms with Crippen LogP contribution in [0.4, 0.5) is 5.82 Å². The van der Waals surface area contributed by atoms with E-state index in [-0.39, 0.29) is 11.7 Å². The Balaban J connectivity index is 1.57. The number of hydrogen-bond donors (Lipinski definition) is 2. The van der Waals surface area contributed by atoms with Crippen molar-refractivity contribution in [2.45, 2.75) is 50.6 Å². The molecule has 0 unspecified atom stereocenters. The molecule has 0 spiro atoms. The van der Waals surface area contributed by atoms with Gasteiger partial charge in [-0.15, -0.1) is 0 Å². The summed E-state index contributed by atoms with van der Waals surface area (Å²) in [6, 6.07) is 1.06. The van der Waals surface area contributed by atoms with Crippen molar-refractivity contribution in [2.24, 2.45) is 0 Å². The molecule has 1 aromatic heterocycles. The molecule has 2 heterocycles. The first-order chi connectivity index (χ1) is 10.2. The average molecular weight is 290 g/mol. The van der Waals surface area contributed by atoms with Gasteiger partial charge in [-0.3, -0.25) is 0 Å². The lowest BCUT2D eigenvalue weighted by Gasteiger charge is -2.36. The zero-order valence-electron chi connectivity index (χ0n) is 12.2. The SMILES string of the molecule is O=C(O)c1nccnc1NC1CCN(C2CCCC2)CC1. The van der Waals surface area contributed by atoms with E-state index in [0.717, 1.165) is 32.0 Å². The third kappa shape index (κ3) is 3.32. The molecule has 1 saturated heterocycles. The van der Waals surface area contributed by atoms with Gasteiger partial charge in [0.15, 0.2) is 11.5 Å². The number of aromatic nitrogens is 2. The first-order valence-electron chi connectivity index (χ1n) is 7.79. The molecule has 114 valence electrons. The minimum absolute atomic E-state index is 0.00993. The molecule has 2 aliphatic rings. The van der Waals surface area contributed by atoms with Crippen molar-refractivity contribution in [2.75, 3.05) is 18.4 Å². The zero-order valence-corrected chi connectivity index (χ0v) is 12.2. The van der Waals surface area contributed by atoms with Crippen LogP contribution in [0.1, 0.15) is 49.0 Å². The summed E-state index contributed by atoms with van der Waals surface area (Å²) in [5, 5.41) is 12.4. The molecule has 2 N–H and O–H groups in total. The molecule has 6 nitrogen and oxygen atoms in total. The number of anilines is 1. The largest absolute Gasteiger partial charge is 0.476 e. The van der Waals surface area contributed by atoms with Crippen LogP contribution in [0, 0.1) is 0 Å². The van der Waals surface area contributed by atoms with E-state index < -0.39 is 5.97 Å². The number of likely N-dealkylation sites (tertiary alicyclic amines) is 1. The number of carboxylic acid groups (broad SMARTS) is 1. The highest BCUT2D eigenvalue weighted by Gasteiger charge is 2.27. The lowest BCUT2D eigenvalue weighted by molar-refractivity contribution is 0.0691.